The summed E-state index contributed by atoms with van der Waals surface area (Å²) in [7, 11) is 0. The van der Waals surface area contributed by atoms with Gasteiger partial charge in [0.25, 0.3) is 0 Å². The van der Waals surface area contributed by atoms with Crippen molar-refractivity contribution in [2.24, 2.45) is 0 Å². The first-order valence-corrected chi connectivity index (χ1v) is 31.7. The Morgan fingerprint density at radius 1 is 0.306 bits per heavy atom. The quantitative estimate of drug-likeness (QED) is 0.0872. The molecule has 1 aromatic rings. The van der Waals surface area contributed by atoms with Crippen LogP contribution in [0.4, 0.5) is 0 Å². The lowest BCUT2D eigenvalue weighted by Crippen LogP contribution is -2.69. The van der Waals surface area contributed by atoms with Crippen molar-refractivity contribution in [1.29, 1.82) is 0 Å². The number of aliphatic hydroxyl groups is 24. The molecule has 14 bridgehead atoms. The zero-order valence-electron chi connectivity index (χ0n) is 51.7. The van der Waals surface area contributed by atoms with Crippen LogP contribution in [0.3, 0.4) is 0 Å². The molecule has 562 valence electrons. The molecule has 23 rings (SSSR count). The van der Waals surface area contributed by atoms with Gasteiger partial charge >= 0.3 is 0 Å². The fourth-order valence-corrected chi connectivity index (χ4v) is 13.6. The number of benzene rings is 1. The summed E-state index contributed by atoms with van der Waals surface area (Å²) in [5, 5.41) is 271. The van der Waals surface area contributed by atoms with Gasteiger partial charge in [0.15, 0.2) is 44.0 Å². The number of carbonyl (C=O) groups excluding carboxylic acids is 1. The van der Waals surface area contributed by atoms with Crippen molar-refractivity contribution >= 4 is 5.91 Å². The van der Waals surface area contributed by atoms with Crippen molar-refractivity contribution in [1.82, 2.24) is 5.32 Å². The lowest BCUT2D eigenvalue weighted by Gasteiger charge is -2.50. The Balaban J connectivity index is 0.954. The zero-order valence-corrected chi connectivity index (χ0v) is 51.7. The van der Waals surface area contributed by atoms with E-state index in [0.29, 0.717) is 5.56 Å². The highest BCUT2D eigenvalue weighted by atomic mass is 16.8. The molecule has 1 unspecified atom stereocenters. The largest absolute Gasteiger partial charge is 0.394 e. The van der Waals surface area contributed by atoms with Crippen LogP contribution in [0.5, 0.6) is 0 Å². The molecule has 22 saturated heterocycles. The first-order valence-electron chi connectivity index (χ1n) is 31.7. The Hall–Kier alpha value is -2.87. The highest BCUT2D eigenvalue weighted by Crippen LogP contribution is 2.41. The molecule has 22 aliphatic heterocycles. The van der Waals surface area contributed by atoms with Crippen molar-refractivity contribution in [3.8, 4) is 0 Å². The molecule has 41 heteroatoms. The van der Waals surface area contributed by atoms with E-state index in [9.17, 15) is 127 Å². The Bertz CT molecular complexity index is 2640. The Labute approximate surface area is 554 Å². The summed E-state index contributed by atoms with van der Waals surface area (Å²) in [5.74, 6) is -1.05. The standard InChI is InChI=1S/C57H89NO40/c59-9-18-26(67)34(75)49(83)57(98-18,6-16-4-2-1-3-5-16)7-25(66)58-8-17-42-27(68)35(76)50(84-17)92-43-19(10-60)86-52(37(78)29(43)70)94-45-21(12-62)88-54(39(80)31(45)72)96-47-23(14-64)90-56(41(82)33(47)74)97-48-24(15-65)89-55(40(81)32(48)73)95-46-22(13-63)87-53(38(79)30(46)71)93-44-20(11-61)85-51(91-42)36(77)28(44)69/h1-5,17-24,26-56,59-65,67-83H,6-15H2,(H,58,66)/t17-,18-,19-,20-,21-,22-,23-,24-,26-,27-,28-,29-,30-,31-,32-,33-,34+,35-,36?,37-,38-,39-,40-,41-,42-,43-,44-,45-,46-,47-,48-,49-,50-,51-,52-,53-,54-,55-,56-,57-/m1/s1. The molecule has 1 amide bonds. The fraction of sp³-hybridized carbons (Fsp3) is 0.877. The molecular weight excluding hydrogens is 1340 g/mol. The van der Waals surface area contributed by atoms with Gasteiger partial charge in [0.05, 0.1) is 52.7 Å². The number of rotatable bonds is 13. The third-order valence-electron chi connectivity index (χ3n) is 19.1. The minimum absolute atomic E-state index is 0.323. The molecule has 41 nitrogen and oxygen atoms in total. The number of hydrogen-bond donors (Lipinski definition) is 25. The molecule has 0 spiro atoms. The Morgan fingerprint density at radius 3 is 0.806 bits per heavy atom. The molecular formula is C57H89NO40. The van der Waals surface area contributed by atoms with Crippen LogP contribution < -0.4 is 5.32 Å². The molecule has 22 fully saturated rings. The van der Waals surface area contributed by atoms with Gasteiger partial charge in [-0.3, -0.25) is 4.79 Å². The number of carbonyl (C=O) groups is 1. The van der Waals surface area contributed by atoms with E-state index in [1.807, 2.05) is 0 Å². The van der Waals surface area contributed by atoms with Crippen molar-refractivity contribution in [2.75, 3.05) is 52.8 Å². The normalized spacial score (nSPS) is 51.4. The van der Waals surface area contributed by atoms with E-state index in [4.69, 9.17) is 71.1 Å². The molecule has 0 aromatic heterocycles. The number of ether oxygens (including phenoxy) is 15. The van der Waals surface area contributed by atoms with E-state index in [-0.39, 0.29) is 6.42 Å². The topological polar surface area (TPSA) is 653 Å². The second-order valence-corrected chi connectivity index (χ2v) is 25.4. The van der Waals surface area contributed by atoms with E-state index in [1.54, 1.807) is 30.3 Å². The second kappa shape index (κ2) is 33.1. The average molecular weight is 1430 g/mol. The van der Waals surface area contributed by atoms with Crippen LogP contribution in [0.15, 0.2) is 30.3 Å². The van der Waals surface area contributed by atoms with Gasteiger partial charge in [-0.25, -0.2) is 0 Å². The summed E-state index contributed by atoms with van der Waals surface area (Å²) in [4.78, 5) is 14.3. The van der Waals surface area contributed by atoms with Gasteiger partial charge in [-0.15, -0.1) is 0 Å². The van der Waals surface area contributed by atoms with Gasteiger partial charge in [-0.05, 0) is 5.56 Å². The monoisotopic (exact) mass is 1430 g/mol. The van der Waals surface area contributed by atoms with Crippen LogP contribution in [-0.4, -0.2) is 426 Å². The SMILES string of the molecule is O=C(C[C@@]1(Cc2ccccc2)O[C@H](CO)[C@@H](O)[C@H](O)[C@H]1O)NC[C@H]1O[C@@H]2O[C@H]3[C@H](O)[C@@H](O)[C@@H](O[C@H]4[C@H](O)[C@@H](O)[C@@H](O[C@H]5[C@H](O)[C@@H](O)[C@@H](O[C@H]6[C@H](O)[C@@H](O)[C@@H](O[C@H]7[C@H](O)[C@@H](O)[C@@H](O[C@H]8[C@H](O)C(O)[C@@H](O[C@H]1[C@H](O)[C@H]2O)O[C@@H]8CO)O[C@@H]7CO)O[C@@H]6CO)O[C@@H]5CO)O[C@@H]4CO)O[C@@H]3CO. The summed E-state index contributed by atoms with van der Waals surface area (Å²) in [5.41, 5.74) is -1.67. The second-order valence-electron chi connectivity index (χ2n) is 25.4. The molecule has 98 heavy (non-hydrogen) atoms. The van der Waals surface area contributed by atoms with Crippen LogP contribution in [0.25, 0.3) is 0 Å². The molecule has 0 radical (unpaired) electrons. The molecule has 22 aliphatic rings. The summed E-state index contributed by atoms with van der Waals surface area (Å²) in [6.07, 6.45) is -82.4. The Kier molecular flexibility index (Phi) is 26.2. The number of aliphatic hydroxyl groups excluding tert-OH is 24. The predicted molar refractivity (Wildman–Crippen MR) is 302 cm³/mol. The lowest BCUT2D eigenvalue weighted by molar-refractivity contribution is -0.396. The van der Waals surface area contributed by atoms with E-state index in [0.717, 1.165) is 0 Å². The highest BCUT2D eigenvalue weighted by Gasteiger charge is 2.61. The maximum absolute atomic E-state index is 14.3. The van der Waals surface area contributed by atoms with Gasteiger partial charge in [0.1, 0.15) is 201 Å². The first-order chi connectivity index (χ1) is 46.7. The maximum Gasteiger partial charge on any atom is 0.223 e. The van der Waals surface area contributed by atoms with Gasteiger partial charge in [0.2, 0.25) is 5.91 Å². The molecule has 22 heterocycles. The molecule has 40 atom stereocenters. The van der Waals surface area contributed by atoms with Gasteiger partial charge in [-0.1, -0.05) is 30.3 Å². The van der Waals surface area contributed by atoms with E-state index in [1.165, 1.54) is 0 Å². The van der Waals surface area contributed by atoms with Crippen molar-refractivity contribution in [2.45, 2.75) is 258 Å². The van der Waals surface area contributed by atoms with Crippen molar-refractivity contribution in [3.05, 3.63) is 35.9 Å². The number of hydrogen-bond acceptors (Lipinski definition) is 40. The third kappa shape index (κ3) is 15.6. The average Bonchev–Trinajstić information content (AvgIpc) is 0.787. The summed E-state index contributed by atoms with van der Waals surface area (Å²) in [6.45, 7) is -8.44. The smallest absolute Gasteiger partial charge is 0.223 e. The molecule has 0 saturated carbocycles. The zero-order chi connectivity index (χ0) is 71.1. The Morgan fingerprint density at radius 2 is 0.551 bits per heavy atom. The number of amides is 1. The first kappa shape index (κ1) is 77.7. The fourth-order valence-electron chi connectivity index (χ4n) is 13.6. The van der Waals surface area contributed by atoms with Crippen LogP contribution >= 0.6 is 0 Å². The van der Waals surface area contributed by atoms with E-state index in [2.05, 4.69) is 5.32 Å². The lowest BCUT2D eigenvalue weighted by atomic mass is 9.78. The summed E-state index contributed by atoms with van der Waals surface area (Å²) >= 11 is 0. The molecule has 25 N–H and O–H groups in total. The van der Waals surface area contributed by atoms with Gasteiger partial charge in [-0.2, -0.15) is 0 Å². The van der Waals surface area contributed by atoms with Crippen LogP contribution in [0.2, 0.25) is 0 Å². The number of nitrogens with one attached hydrogen (secondary N) is 1. The van der Waals surface area contributed by atoms with Crippen LogP contribution in [0, 0.1) is 0 Å². The third-order valence-corrected chi connectivity index (χ3v) is 19.1. The van der Waals surface area contributed by atoms with Crippen molar-refractivity contribution < 1.29 is 198 Å². The highest BCUT2D eigenvalue weighted by molar-refractivity contribution is 5.77. The van der Waals surface area contributed by atoms with E-state index < -0.39 is 310 Å². The van der Waals surface area contributed by atoms with Crippen LogP contribution in [-0.2, 0) is 82.3 Å². The van der Waals surface area contributed by atoms with Crippen LogP contribution in [0.1, 0.15) is 12.0 Å². The summed E-state index contributed by atoms with van der Waals surface area (Å²) < 4.78 is 87.3. The van der Waals surface area contributed by atoms with E-state index >= 15 is 0 Å². The minimum Gasteiger partial charge on any atom is -0.394 e. The summed E-state index contributed by atoms with van der Waals surface area (Å²) in [6, 6.07) is 8.05. The van der Waals surface area contributed by atoms with Gasteiger partial charge < -0.3 is 199 Å². The van der Waals surface area contributed by atoms with Gasteiger partial charge in [0, 0.05) is 13.0 Å². The minimum atomic E-state index is -2.38. The molecule has 1 aromatic carbocycles. The molecule has 0 aliphatic carbocycles. The maximum atomic E-state index is 14.3. The predicted octanol–water partition coefficient (Wildman–Crippen LogP) is -16.3. The van der Waals surface area contributed by atoms with Crippen molar-refractivity contribution in [3.63, 3.8) is 0 Å².